The molecule has 37 heavy (non-hydrogen) atoms. The number of anilines is 2. The molecule has 7 nitrogen and oxygen atoms in total. The third-order valence-electron chi connectivity index (χ3n) is 7.03. The highest BCUT2D eigenvalue weighted by Crippen LogP contribution is 2.34. The van der Waals surface area contributed by atoms with Gasteiger partial charge in [0.25, 0.3) is 11.8 Å². The van der Waals surface area contributed by atoms with Gasteiger partial charge in [0.1, 0.15) is 11.9 Å². The molecule has 2 aliphatic heterocycles. The smallest absolute Gasteiger partial charge is 0.256 e. The average Bonchev–Trinajstić information content (AvgIpc) is 3.20. The highest BCUT2D eigenvalue weighted by Gasteiger charge is 2.35. The number of rotatable bonds is 8. The van der Waals surface area contributed by atoms with Crippen molar-refractivity contribution < 1.29 is 14.3 Å². The van der Waals surface area contributed by atoms with Crippen LogP contribution in [0.4, 0.5) is 11.4 Å². The molecular weight excluding hydrogens is 464 g/mol. The lowest BCUT2D eigenvalue weighted by molar-refractivity contribution is 0.0738. The van der Waals surface area contributed by atoms with Crippen molar-refractivity contribution >= 4 is 23.2 Å². The summed E-state index contributed by atoms with van der Waals surface area (Å²) in [6.45, 7) is 8.21. The Labute approximate surface area is 218 Å². The number of carbonyl (C=O) groups is 2. The van der Waals surface area contributed by atoms with E-state index < -0.39 is 0 Å². The molecule has 0 bridgehead atoms. The maximum Gasteiger partial charge on any atom is 0.256 e. The molecule has 2 heterocycles. The molecule has 7 heteroatoms. The van der Waals surface area contributed by atoms with Crippen molar-refractivity contribution in [2.24, 2.45) is 0 Å². The van der Waals surface area contributed by atoms with Crippen LogP contribution in [0.5, 0.6) is 5.75 Å². The molecule has 1 N–H and O–H groups in total. The molecule has 5 rings (SSSR count). The summed E-state index contributed by atoms with van der Waals surface area (Å²) < 4.78 is 5.79. The molecule has 3 aromatic rings. The van der Waals surface area contributed by atoms with Crippen LogP contribution in [0, 0.1) is 0 Å². The standard InChI is InChI=1S/C30H34N4O3/c1-3-17-34-28(24-9-5-6-10-25(24)30(34)36)31-23-15-13-22(14-16-23)29(35)33-20-18-32(19-21-33)26-11-7-8-12-27(26)37-4-2/h5-16,28,31H,3-4,17-21H2,1-2H3. The summed E-state index contributed by atoms with van der Waals surface area (Å²) in [5.41, 5.74) is 4.37. The Balaban J connectivity index is 1.23. The largest absolute Gasteiger partial charge is 0.492 e. The second-order valence-corrected chi connectivity index (χ2v) is 9.39. The van der Waals surface area contributed by atoms with Crippen molar-refractivity contribution in [2.75, 3.05) is 49.5 Å². The summed E-state index contributed by atoms with van der Waals surface area (Å²) in [5.74, 6) is 0.986. The van der Waals surface area contributed by atoms with E-state index in [9.17, 15) is 9.59 Å². The number of hydrogen-bond donors (Lipinski definition) is 1. The Morgan fingerprint density at radius 1 is 0.919 bits per heavy atom. The molecule has 0 aromatic heterocycles. The number of nitrogens with zero attached hydrogens (tertiary/aromatic N) is 3. The molecule has 1 fully saturated rings. The Bertz CT molecular complexity index is 1250. The van der Waals surface area contributed by atoms with Crippen LogP contribution in [0.3, 0.4) is 0 Å². The molecule has 0 saturated carbocycles. The van der Waals surface area contributed by atoms with E-state index in [4.69, 9.17) is 4.74 Å². The first kappa shape index (κ1) is 24.7. The molecule has 2 amide bonds. The molecule has 0 spiro atoms. The average molecular weight is 499 g/mol. The SMILES string of the molecule is CCCN1C(=O)c2ccccc2C1Nc1ccc(C(=O)N2CCN(c3ccccc3OCC)CC2)cc1. The van der Waals surface area contributed by atoms with Crippen molar-refractivity contribution in [3.8, 4) is 5.75 Å². The molecular formula is C30H34N4O3. The Morgan fingerprint density at radius 2 is 1.62 bits per heavy atom. The number of hydrogen-bond acceptors (Lipinski definition) is 5. The second-order valence-electron chi connectivity index (χ2n) is 9.39. The van der Waals surface area contributed by atoms with Gasteiger partial charge in [0.2, 0.25) is 0 Å². The number of nitrogens with one attached hydrogen (secondary N) is 1. The molecule has 3 aromatic carbocycles. The number of para-hydroxylation sites is 2. The molecule has 2 aliphatic rings. The molecule has 0 aliphatic carbocycles. The van der Waals surface area contributed by atoms with E-state index in [1.165, 1.54) is 0 Å². The highest BCUT2D eigenvalue weighted by molar-refractivity contribution is 5.99. The van der Waals surface area contributed by atoms with Gasteiger partial charge in [0.15, 0.2) is 0 Å². The fourth-order valence-corrected chi connectivity index (χ4v) is 5.19. The van der Waals surface area contributed by atoms with Gasteiger partial charge in [-0.2, -0.15) is 0 Å². The summed E-state index contributed by atoms with van der Waals surface area (Å²) >= 11 is 0. The van der Waals surface area contributed by atoms with Gasteiger partial charge in [-0.05, 0) is 55.8 Å². The normalized spacial score (nSPS) is 17.1. The van der Waals surface area contributed by atoms with Crippen LogP contribution in [0.15, 0.2) is 72.8 Å². The van der Waals surface area contributed by atoms with Gasteiger partial charge in [-0.1, -0.05) is 37.3 Å². The lowest BCUT2D eigenvalue weighted by Crippen LogP contribution is -2.48. The van der Waals surface area contributed by atoms with Crippen LogP contribution in [-0.4, -0.2) is 60.9 Å². The molecule has 0 radical (unpaired) electrons. The summed E-state index contributed by atoms with van der Waals surface area (Å²) in [6.07, 6.45) is 0.674. The maximum atomic E-state index is 13.2. The minimum atomic E-state index is -0.210. The first-order chi connectivity index (χ1) is 18.1. The first-order valence-corrected chi connectivity index (χ1v) is 13.1. The predicted octanol–water partition coefficient (Wildman–Crippen LogP) is 5.02. The highest BCUT2D eigenvalue weighted by atomic mass is 16.5. The maximum absolute atomic E-state index is 13.2. The van der Waals surface area contributed by atoms with Crippen LogP contribution in [0.2, 0.25) is 0 Å². The zero-order valence-electron chi connectivity index (χ0n) is 21.5. The van der Waals surface area contributed by atoms with E-state index in [1.807, 2.05) is 83.5 Å². The van der Waals surface area contributed by atoms with Crippen LogP contribution in [-0.2, 0) is 0 Å². The minimum absolute atomic E-state index is 0.0401. The van der Waals surface area contributed by atoms with Gasteiger partial charge in [-0.15, -0.1) is 0 Å². The zero-order valence-corrected chi connectivity index (χ0v) is 21.5. The molecule has 1 saturated heterocycles. The summed E-state index contributed by atoms with van der Waals surface area (Å²) in [6, 6.07) is 23.4. The summed E-state index contributed by atoms with van der Waals surface area (Å²) in [5, 5.41) is 3.51. The van der Waals surface area contributed by atoms with Gasteiger partial charge in [0.05, 0.1) is 12.3 Å². The van der Waals surface area contributed by atoms with Gasteiger partial charge in [-0.25, -0.2) is 0 Å². The second kappa shape index (κ2) is 10.9. The van der Waals surface area contributed by atoms with Crippen molar-refractivity contribution in [1.29, 1.82) is 0 Å². The number of fused-ring (bicyclic) bond motifs is 1. The lowest BCUT2D eigenvalue weighted by atomic mass is 10.1. The quantitative estimate of drug-likeness (QED) is 0.472. The van der Waals surface area contributed by atoms with Gasteiger partial charge in [0, 0.05) is 55.1 Å². The molecule has 1 atom stereocenters. The number of ether oxygens (including phenoxy) is 1. The third-order valence-corrected chi connectivity index (χ3v) is 7.03. The van der Waals surface area contributed by atoms with Gasteiger partial charge < -0.3 is 24.8 Å². The molecule has 1 unspecified atom stereocenters. The fraction of sp³-hybridized carbons (Fsp3) is 0.333. The lowest BCUT2D eigenvalue weighted by Gasteiger charge is -2.36. The van der Waals surface area contributed by atoms with Crippen molar-refractivity contribution in [3.05, 3.63) is 89.5 Å². The Morgan fingerprint density at radius 3 is 2.35 bits per heavy atom. The number of carbonyl (C=O) groups excluding carboxylic acids is 2. The van der Waals surface area contributed by atoms with Crippen molar-refractivity contribution in [1.82, 2.24) is 9.80 Å². The summed E-state index contributed by atoms with van der Waals surface area (Å²) in [7, 11) is 0. The van der Waals surface area contributed by atoms with Crippen LogP contribution in [0.1, 0.15) is 52.7 Å². The van der Waals surface area contributed by atoms with Gasteiger partial charge >= 0.3 is 0 Å². The van der Waals surface area contributed by atoms with Gasteiger partial charge in [-0.3, -0.25) is 9.59 Å². The predicted molar refractivity (Wildman–Crippen MR) is 146 cm³/mol. The van der Waals surface area contributed by atoms with E-state index in [1.54, 1.807) is 0 Å². The number of amides is 2. The Hall–Kier alpha value is -4.00. The van der Waals surface area contributed by atoms with Crippen molar-refractivity contribution in [2.45, 2.75) is 26.4 Å². The van der Waals surface area contributed by atoms with Crippen LogP contribution >= 0.6 is 0 Å². The first-order valence-electron chi connectivity index (χ1n) is 13.1. The van der Waals surface area contributed by atoms with E-state index >= 15 is 0 Å². The van der Waals surface area contributed by atoms with Crippen LogP contribution < -0.4 is 15.0 Å². The number of benzene rings is 3. The summed E-state index contributed by atoms with van der Waals surface area (Å²) in [4.78, 5) is 32.2. The van der Waals surface area contributed by atoms with Crippen LogP contribution in [0.25, 0.3) is 0 Å². The van der Waals surface area contributed by atoms with E-state index in [0.29, 0.717) is 31.8 Å². The van der Waals surface area contributed by atoms with E-state index in [2.05, 4.69) is 23.2 Å². The van der Waals surface area contributed by atoms with E-state index in [0.717, 1.165) is 47.8 Å². The van der Waals surface area contributed by atoms with E-state index in [-0.39, 0.29) is 18.0 Å². The topological polar surface area (TPSA) is 65.1 Å². The fourth-order valence-electron chi connectivity index (χ4n) is 5.19. The number of piperazine rings is 1. The zero-order chi connectivity index (χ0) is 25.8. The monoisotopic (exact) mass is 498 g/mol. The molecule has 192 valence electrons. The minimum Gasteiger partial charge on any atom is -0.492 e. The Kier molecular flexibility index (Phi) is 7.30. The third kappa shape index (κ3) is 4.99. The van der Waals surface area contributed by atoms with Crippen molar-refractivity contribution in [3.63, 3.8) is 0 Å².